The average molecular weight is 398 g/mol. The Morgan fingerprint density at radius 1 is 0.967 bits per heavy atom. The SMILES string of the molecule is COc1ccc(C(=O)Nc2ccc(N3CCn4c(nc5ccccc54)C3)cc2)cc1. The predicted octanol–water partition coefficient (Wildman–Crippen LogP) is 4.32. The topological polar surface area (TPSA) is 59.4 Å². The Labute approximate surface area is 174 Å². The van der Waals surface area contributed by atoms with E-state index >= 15 is 0 Å². The molecule has 1 aliphatic rings. The first-order chi connectivity index (χ1) is 14.7. The molecule has 6 nitrogen and oxygen atoms in total. The maximum Gasteiger partial charge on any atom is 0.255 e. The summed E-state index contributed by atoms with van der Waals surface area (Å²) in [5, 5.41) is 2.94. The molecule has 0 spiro atoms. The standard InChI is InChI=1S/C24H22N4O2/c1-30-20-12-6-17(7-13-20)24(29)25-18-8-10-19(11-9-18)27-14-15-28-22-5-3-2-4-21(22)26-23(28)16-27/h2-13H,14-16H2,1H3,(H,25,29). The molecule has 1 aromatic heterocycles. The van der Waals surface area contributed by atoms with E-state index in [1.54, 1.807) is 31.4 Å². The van der Waals surface area contributed by atoms with Crippen LogP contribution in [0.1, 0.15) is 16.2 Å². The van der Waals surface area contributed by atoms with Gasteiger partial charge in [-0.25, -0.2) is 4.98 Å². The molecule has 6 heteroatoms. The first-order valence-corrected chi connectivity index (χ1v) is 9.96. The maximum absolute atomic E-state index is 12.4. The van der Waals surface area contributed by atoms with E-state index < -0.39 is 0 Å². The Morgan fingerprint density at radius 2 is 1.73 bits per heavy atom. The largest absolute Gasteiger partial charge is 0.497 e. The van der Waals surface area contributed by atoms with Crippen molar-refractivity contribution in [1.82, 2.24) is 9.55 Å². The van der Waals surface area contributed by atoms with E-state index in [1.807, 2.05) is 30.3 Å². The van der Waals surface area contributed by atoms with Gasteiger partial charge >= 0.3 is 0 Å². The Balaban J connectivity index is 1.28. The molecule has 5 rings (SSSR count). The number of hydrogen-bond donors (Lipinski definition) is 1. The fourth-order valence-corrected chi connectivity index (χ4v) is 3.89. The smallest absolute Gasteiger partial charge is 0.255 e. The lowest BCUT2D eigenvalue weighted by Gasteiger charge is -2.30. The van der Waals surface area contributed by atoms with Crippen LogP contribution in [0, 0.1) is 0 Å². The minimum Gasteiger partial charge on any atom is -0.497 e. The molecular formula is C24H22N4O2. The van der Waals surface area contributed by atoms with Crippen LogP contribution in [-0.2, 0) is 13.1 Å². The van der Waals surface area contributed by atoms with E-state index in [1.165, 1.54) is 5.52 Å². The molecule has 0 bridgehead atoms. The number of hydrogen-bond acceptors (Lipinski definition) is 4. The zero-order valence-corrected chi connectivity index (χ0v) is 16.7. The molecule has 0 aliphatic carbocycles. The van der Waals surface area contributed by atoms with Gasteiger partial charge in [0.1, 0.15) is 11.6 Å². The highest BCUT2D eigenvalue weighted by Crippen LogP contribution is 2.26. The van der Waals surface area contributed by atoms with Crippen LogP contribution in [0.3, 0.4) is 0 Å². The number of anilines is 2. The molecule has 3 aromatic carbocycles. The van der Waals surface area contributed by atoms with Crippen molar-refractivity contribution in [3.05, 3.63) is 84.2 Å². The van der Waals surface area contributed by atoms with Gasteiger partial charge in [-0.2, -0.15) is 0 Å². The van der Waals surface area contributed by atoms with Crippen LogP contribution in [0.2, 0.25) is 0 Å². The summed E-state index contributed by atoms with van der Waals surface area (Å²) in [6.07, 6.45) is 0. The normalized spacial score (nSPS) is 13.2. The van der Waals surface area contributed by atoms with Crippen LogP contribution in [0.15, 0.2) is 72.8 Å². The number of para-hydroxylation sites is 2. The zero-order valence-electron chi connectivity index (χ0n) is 16.7. The summed E-state index contributed by atoms with van der Waals surface area (Å²) in [6.45, 7) is 2.60. The van der Waals surface area contributed by atoms with Gasteiger partial charge in [-0.05, 0) is 60.7 Å². The number of rotatable bonds is 4. The van der Waals surface area contributed by atoms with Crippen LogP contribution in [0.4, 0.5) is 11.4 Å². The molecule has 0 radical (unpaired) electrons. The molecule has 30 heavy (non-hydrogen) atoms. The maximum atomic E-state index is 12.4. The molecule has 0 atom stereocenters. The Hall–Kier alpha value is -3.80. The summed E-state index contributed by atoms with van der Waals surface area (Å²) in [7, 11) is 1.61. The average Bonchev–Trinajstić information content (AvgIpc) is 3.17. The Morgan fingerprint density at radius 3 is 2.50 bits per heavy atom. The Bertz CT molecular complexity index is 1200. The summed E-state index contributed by atoms with van der Waals surface area (Å²) in [4.78, 5) is 19.6. The molecule has 0 unspecified atom stereocenters. The van der Waals surface area contributed by atoms with Gasteiger partial charge in [-0.3, -0.25) is 4.79 Å². The number of carbonyl (C=O) groups is 1. The van der Waals surface area contributed by atoms with Crippen molar-refractivity contribution in [2.75, 3.05) is 23.9 Å². The number of imidazole rings is 1. The van der Waals surface area contributed by atoms with E-state index in [9.17, 15) is 4.79 Å². The second kappa shape index (κ2) is 7.55. The van der Waals surface area contributed by atoms with Gasteiger partial charge < -0.3 is 19.5 Å². The fourth-order valence-electron chi connectivity index (χ4n) is 3.89. The van der Waals surface area contributed by atoms with Crippen molar-refractivity contribution in [2.24, 2.45) is 0 Å². The third-order valence-corrected chi connectivity index (χ3v) is 5.50. The second-order valence-corrected chi connectivity index (χ2v) is 7.32. The number of nitrogens with one attached hydrogen (secondary N) is 1. The van der Waals surface area contributed by atoms with Gasteiger partial charge in [0.25, 0.3) is 5.91 Å². The van der Waals surface area contributed by atoms with Crippen LogP contribution in [0.25, 0.3) is 11.0 Å². The molecule has 4 aromatic rings. The summed E-state index contributed by atoms with van der Waals surface area (Å²) < 4.78 is 7.44. The number of aromatic nitrogens is 2. The molecule has 2 heterocycles. The van der Waals surface area contributed by atoms with E-state index in [0.29, 0.717) is 5.56 Å². The predicted molar refractivity (Wildman–Crippen MR) is 118 cm³/mol. The van der Waals surface area contributed by atoms with Gasteiger partial charge in [0.2, 0.25) is 0 Å². The number of amides is 1. The summed E-state index contributed by atoms with van der Waals surface area (Å²) in [5.74, 6) is 1.67. The minimum atomic E-state index is -0.142. The molecule has 1 amide bonds. The highest BCUT2D eigenvalue weighted by Gasteiger charge is 2.20. The van der Waals surface area contributed by atoms with Crippen LogP contribution >= 0.6 is 0 Å². The summed E-state index contributed by atoms with van der Waals surface area (Å²) in [5.41, 5.74) is 4.73. The molecule has 0 fully saturated rings. The quantitative estimate of drug-likeness (QED) is 0.556. The lowest BCUT2D eigenvalue weighted by Crippen LogP contribution is -2.33. The first-order valence-electron chi connectivity index (χ1n) is 9.96. The third-order valence-electron chi connectivity index (χ3n) is 5.50. The van der Waals surface area contributed by atoms with E-state index in [2.05, 4.69) is 33.0 Å². The van der Waals surface area contributed by atoms with Crippen molar-refractivity contribution < 1.29 is 9.53 Å². The van der Waals surface area contributed by atoms with E-state index in [0.717, 1.165) is 48.1 Å². The van der Waals surface area contributed by atoms with E-state index in [-0.39, 0.29) is 5.91 Å². The van der Waals surface area contributed by atoms with Crippen molar-refractivity contribution in [1.29, 1.82) is 0 Å². The number of ether oxygens (including phenoxy) is 1. The van der Waals surface area contributed by atoms with Crippen molar-refractivity contribution in [3.8, 4) is 5.75 Å². The van der Waals surface area contributed by atoms with Crippen molar-refractivity contribution in [3.63, 3.8) is 0 Å². The lowest BCUT2D eigenvalue weighted by atomic mass is 10.2. The first kappa shape index (κ1) is 18.2. The van der Waals surface area contributed by atoms with Gasteiger partial charge in [-0.15, -0.1) is 0 Å². The molecule has 1 aliphatic heterocycles. The number of methoxy groups -OCH3 is 1. The lowest BCUT2D eigenvalue weighted by molar-refractivity contribution is 0.102. The highest BCUT2D eigenvalue weighted by atomic mass is 16.5. The fraction of sp³-hybridized carbons (Fsp3) is 0.167. The van der Waals surface area contributed by atoms with Gasteiger partial charge in [0, 0.05) is 30.0 Å². The van der Waals surface area contributed by atoms with Gasteiger partial charge in [-0.1, -0.05) is 12.1 Å². The number of benzene rings is 3. The van der Waals surface area contributed by atoms with Gasteiger partial charge in [0.05, 0.1) is 24.7 Å². The van der Waals surface area contributed by atoms with Crippen molar-refractivity contribution >= 4 is 28.3 Å². The van der Waals surface area contributed by atoms with E-state index in [4.69, 9.17) is 9.72 Å². The molecular weight excluding hydrogens is 376 g/mol. The van der Waals surface area contributed by atoms with Crippen LogP contribution in [-0.4, -0.2) is 29.1 Å². The highest BCUT2D eigenvalue weighted by molar-refractivity contribution is 6.04. The molecule has 0 saturated heterocycles. The van der Waals surface area contributed by atoms with Crippen LogP contribution in [0.5, 0.6) is 5.75 Å². The summed E-state index contributed by atoms with van der Waals surface area (Å²) in [6, 6.07) is 23.3. The Kier molecular flexibility index (Phi) is 4.59. The number of carbonyl (C=O) groups excluding carboxylic acids is 1. The molecule has 0 saturated carbocycles. The van der Waals surface area contributed by atoms with Crippen LogP contribution < -0.4 is 15.0 Å². The number of fused-ring (bicyclic) bond motifs is 3. The molecule has 1 N–H and O–H groups in total. The molecule has 150 valence electrons. The zero-order chi connectivity index (χ0) is 20.5. The van der Waals surface area contributed by atoms with Gasteiger partial charge in [0.15, 0.2) is 0 Å². The van der Waals surface area contributed by atoms with Crippen molar-refractivity contribution in [2.45, 2.75) is 13.1 Å². The number of nitrogens with zero attached hydrogens (tertiary/aromatic N) is 3. The second-order valence-electron chi connectivity index (χ2n) is 7.32. The summed E-state index contributed by atoms with van der Waals surface area (Å²) >= 11 is 0. The minimum absolute atomic E-state index is 0.142. The third kappa shape index (κ3) is 3.37. The monoisotopic (exact) mass is 398 g/mol.